The molecule has 0 saturated heterocycles. The van der Waals surface area contributed by atoms with E-state index in [0.29, 0.717) is 12.5 Å². The Morgan fingerprint density at radius 3 is 2.30 bits per heavy atom. The van der Waals surface area contributed by atoms with Crippen LogP contribution >= 0.6 is 31.9 Å². The maximum absolute atomic E-state index is 13.4. The average Bonchev–Trinajstić information content (AvgIpc) is 2.36. The van der Waals surface area contributed by atoms with Crippen LogP contribution in [0.15, 0.2) is 51.4 Å². The van der Waals surface area contributed by atoms with Gasteiger partial charge in [-0.2, -0.15) is 0 Å². The first-order valence-electron chi connectivity index (χ1n) is 6.46. The van der Waals surface area contributed by atoms with Gasteiger partial charge in [0, 0.05) is 8.95 Å². The number of rotatable bonds is 5. The van der Waals surface area contributed by atoms with E-state index in [1.807, 2.05) is 18.2 Å². The van der Waals surface area contributed by atoms with E-state index >= 15 is 0 Å². The zero-order chi connectivity index (χ0) is 14.5. The lowest BCUT2D eigenvalue weighted by Gasteiger charge is -2.15. The maximum Gasteiger partial charge on any atom is 0.124 e. The van der Waals surface area contributed by atoms with Crippen LogP contribution in [0.1, 0.15) is 11.1 Å². The van der Waals surface area contributed by atoms with Crippen LogP contribution in [-0.2, 0) is 12.8 Å². The predicted octanol–water partition coefficient (Wildman–Crippen LogP) is 4.71. The molecule has 1 atom stereocenters. The van der Waals surface area contributed by atoms with Crippen LogP contribution in [0.5, 0.6) is 0 Å². The summed E-state index contributed by atoms with van der Waals surface area (Å²) in [5, 5.41) is 0. The molecule has 0 aliphatic heterocycles. The zero-order valence-corrected chi connectivity index (χ0v) is 14.1. The molecule has 106 valence electrons. The molecular formula is C16H16Br2FN. The van der Waals surface area contributed by atoms with Gasteiger partial charge in [-0.15, -0.1) is 0 Å². The van der Waals surface area contributed by atoms with Crippen LogP contribution in [-0.4, -0.2) is 6.54 Å². The fraction of sp³-hybridized carbons (Fsp3) is 0.250. The third kappa shape index (κ3) is 4.69. The van der Waals surface area contributed by atoms with Crippen LogP contribution in [0.3, 0.4) is 0 Å². The molecule has 2 N–H and O–H groups in total. The van der Waals surface area contributed by atoms with Gasteiger partial charge in [-0.3, -0.25) is 0 Å². The Morgan fingerprint density at radius 2 is 1.65 bits per heavy atom. The van der Waals surface area contributed by atoms with Gasteiger partial charge in [-0.1, -0.05) is 44.0 Å². The second kappa shape index (κ2) is 7.34. The van der Waals surface area contributed by atoms with Crippen LogP contribution in [0.4, 0.5) is 4.39 Å². The molecule has 2 rings (SSSR count). The quantitative estimate of drug-likeness (QED) is 0.772. The van der Waals surface area contributed by atoms with Gasteiger partial charge in [0.15, 0.2) is 0 Å². The molecule has 0 aliphatic carbocycles. The monoisotopic (exact) mass is 399 g/mol. The lowest BCUT2D eigenvalue weighted by atomic mass is 9.92. The van der Waals surface area contributed by atoms with E-state index in [2.05, 4.69) is 44.0 Å². The smallest absolute Gasteiger partial charge is 0.124 e. The van der Waals surface area contributed by atoms with E-state index in [1.165, 1.54) is 11.6 Å². The Balaban J connectivity index is 2.09. The van der Waals surface area contributed by atoms with Gasteiger partial charge in [0.1, 0.15) is 5.82 Å². The van der Waals surface area contributed by atoms with Crippen molar-refractivity contribution in [2.75, 3.05) is 6.54 Å². The highest BCUT2D eigenvalue weighted by Gasteiger charge is 2.10. The van der Waals surface area contributed by atoms with Crippen molar-refractivity contribution in [3.63, 3.8) is 0 Å². The average molecular weight is 401 g/mol. The van der Waals surface area contributed by atoms with Crippen molar-refractivity contribution >= 4 is 31.9 Å². The van der Waals surface area contributed by atoms with Gasteiger partial charge >= 0.3 is 0 Å². The topological polar surface area (TPSA) is 26.0 Å². The summed E-state index contributed by atoms with van der Waals surface area (Å²) in [7, 11) is 0. The highest BCUT2D eigenvalue weighted by atomic mass is 79.9. The second-order valence-electron chi connectivity index (χ2n) is 4.92. The zero-order valence-electron chi connectivity index (χ0n) is 11.0. The van der Waals surface area contributed by atoms with Crippen molar-refractivity contribution in [3.05, 3.63) is 68.4 Å². The minimum absolute atomic E-state index is 0.215. The van der Waals surface area contributed by atoms with E-state index in [9.17, 15) is 4.39 Å². The molecule has 20 heavy (non-hydrogen) atoms. The van der Waals surface area contributed by atoms with Gasteiger partial charge in [-0.05, 0) is 66.8 Å². The molecule has 0 fully saturated rings. The lowest BCUT2D eigenvalue weighted by molar-refractivity contribution is 0.530. The molecule has 0 heterocycles. The van der Waals surface area contributed by atoms with Gasteiger partial charge in [-0.25, -0.2) is 4.39 Å². The number of halogens is 3. The molecule has 1 unspecified atom stereocenters. The highest BCUT2D eigenvalue weighted by molar-refractivity contribution is 9.10. The minimum atomic E-state index is -0.215. The lowest BCUT2D eigenvalue weighted by Crippen LogP contribution is -2.19. The fourth-order valence-corrected chi connectivity index (χ4v) is 3.26. The van der Waals surface area contributed by atoms with Crippen LogP contribution in [0.2, 0.25) is 0 Å². The molecule has 0 aliphatic rings. The Labute approximate surface area is 135 Å². The summed E-state index contributed by atoms with van der Waals surface area (Å²) >= 11 is 6.80. The number of hydrogen-bond acceptors (Lipinski definition) is 1. The largest absolute Gasteiger partial charge is 0.330 e. The molecule has 0 aromatic heterocycles. The third-order valence-corrected chi connectivity index (χ3v) is 4.14. The number of hydrogen-bond donors (Lipinski definition) is 1. The van der Waals surface area contributed by atoms with Gasteiger partial charge in [0.05, 0.1) is 0 Å². The minimum Gasteiger partial charge on any atom is -0.330 e. The summed E-state index contributed by atoms with van der Waals surface area (Å²) in [6, 6.07) is 13.2. The Hall–Kier alpha value is -0.710. The summed E-state index contributed by atoms with van der Waals surface area (Å²) in [6.07, 6.45) is 1.67. The number of nitrogens with two attached hydrogens (primary N) is 1. The van der Waals surface area contributed by atoms with E-state index in [4.69, 9.17) is 5.73 Å². The van der Waals surface area contributed by atoms with Crippen LogP contribution in [0, 0.1) is 11.7 Å². The molecule has 0 radical (unpaired) electrons. The normalized spacial score (nSPS) is 12.4. The Kier molecular flexibility index (Phi) is 5.75. The van der Waals surface area contributed by atoms with Crippen molar-refractivity contribution in [1.82, 2.24) is 0 Å². The van der Waals surface area contributed by atoms with Crippen molar-refractivity contribution in [2.24, 2.45) is 11.7 Å². The molecular weight excluding hydrogens is 385 g/mol. The van der Waals surface area contributed by atoms with E-state index < -0.39 is 0 Å². The molecule has 4 heteroatoms. The summed E-state index contributed by atoms with van der Waals surface area (Å²) in [5.41, 5.74) is 8.08. The molecule has 2 aromatic rings. The van der Waals surface area contributed by atoms with Gasteiger partial charge in [0.2, 0.25) is 0 Å². The second-order valence-corrected chi connectivity index (χ2v) is 6.75. The first-order chi connectivity index (χ1) is 9.56. The highest BCUT2D eigenvalue weighted by Crippen LogP contribution is 2.20. The Bertz CT molecular complexity index is 566. The van der Waals surface area contributed by atoms with Crippen molar-refractivity contribution in [2.45, 2.75) is 12.8 Å². The summed E-state index contributed by atoms with van der Waals surface area (Å²) < 4.78 is 15.2. The van der Waals surface area contributed by atoms with Crippen LogP contribution in [0.25, 0.3) is 0 Å². The first-order valence-corrected chi connectivity index (χ1v) is 8.05. The van der Waals surface area contributed by atoms with Crippen molar-refractivity contribution in [3.8, 4) is 0 Å². The molecule has 0 spiro atoms. The molecule has 0 amide bonds. The molecule has 0 bridgehead atoms. The standard InChI is InChI=1S/C16H16Br2FN/c17-14-3-1-2-11(6-14)4-13(10-20)5-12-7-15(18)9-16(19)8-12/h1-3,6-9,13H,4-5,10,20H2. The van der Waals surface area contributed by atoms with Crippen molar-refractivity contribution < 1.29 is 4.39 Å². The SMILES string of the molecule is NCC(Cc1cccc(Br)c1)Cc1cc(F)cc(Br)c1. The number of benzene rings is 2. The van der Waals surface area contributed by atoms with Gasteiger partial charge in [0.25, 0.3) is 0 Å². The third-order valence-electron chi connectivity index (χ3n) is 3.19. The van der Waals surface area contributed by atoms with Crippen molar-refractivity contribution in [1.29, 1.82) is 0 Å². The Morgan fingerprint density at radius 1 is 0.950 bits per heavy atom. The summed E-state index contributed by atoms with van der Waals surface area (Å²) in [4.78, 5) is 0. The van der Waals surface area contributed by atoms with Crippen LogP contribution < -0.4 is 5.73 Å². The maximum atomic E-state index is 13.4. The molecule has 2 aromatic carbocycles. The molecule has 1 nitrogen and oxygen atoms in total. The first kappa shape index (κ1) is 15.7. The summed E-state index contributed by atoms with van der Waals surface area (Å²) in [6.45, 7) is 0.584. The fourth-order valence-electron chi connectivity index (χ4n) is 2.30. The van der Waals surface area contributed by atoms with E-state index in [0.717, 1.165) is 27.4 Å². The molecule has 0 saturated carbocycles. The van der Waals surface area contributed by atoms with E-state index in [1.54, 1.807) is 6.07 Å². The summed E-state index contributed by atoms with van der Waals surface area (Å²) in [5.74, 6) is 0.0885. The predicted molar refractivity (Wildman–Crippen MR) is 88.2 cm³/mol. The van der Waals surface area contributed by atoms with E-state index in [-0.39, 0.29) is 5.82 Å². The van der Waals surface area contributed by atoms with Gasteiger partial charge < -0.3 is 5.73 Å².